The second-order valence-electron chi connectivity index (χ2n) is 8.03. The molecule has 2 aromatic rings. The van der Waals surface area contributed by atoms with Gasteiger partial charge in [0.1, 0.15) is 5.82 Å². The van der Waals surface area contributed by atoms with Crippen molar-refractivity contribution >= 4 is 29.3 Å². The molecular weight excluding hydrogens is 382 g/mol. The first-order valence-electron chi connectivity index (χ1n) is 10.6. The van der Waals surface area contributed by atoms with Crippen LogP contribution in [0.3, 0.4) is 0 Å². The van der Waals surface area contributed by atoms with E-state index < -0.39 is 5.92 Å². The minimum absolute atomic E-state index is 0.0872. The van der Waals surface area contributed by atoms with Crippen LogP contribution in [0.5, 0.6) is 0 Å². The molecule has 1 saturated heterocycles. The van der Waals surface area contributed by atoms with Crippen LogP contribution >= 0.6 is 0 Å². The lowest BCUT2D eigenvalue weighted by molar-refractivity contribution is -0.123. The number of anilines is 3. The molecule has 1 fully saturated rings. The Kier molecular flexibility index (Phi) is 5.57. The molecule has 1 aromatic heterocycles. The molecule has 4 rings (SSSR count). The Morgan fingerprint density at radius 3 is 2.70 bits per heavy atom. The lowest BCUT2D eigenvalue weighted by Gasteiger charge is -2.34. The van der Waals surface area contributed by atoms with Gasteiger partial charge in [0.25, 0.3) is 5.56 Å². The number of nitrogens with one attached hydrogen (secondary N) is 3. The fraction of sp³-hybridized carbons (Fsp3) is 0.455. The highest BCUT2D eigenvalue weighted by atomic mass is 16.2. The van der Waals surface area contributed by atoms with Crippen LogP contribution in [-0.2, 0) is 16.0 Å². The largest absolute Gasteiger partial charge is 0.340 e. The number of piperidine rings is 1. The molecule has 8 heteroatoms. The van der Waals surface area contributed by atoms with Gasteiger partial charge in [0.15, 0.2) is 0 Å². The Hall–Kier alpha value is -3.16. The van der Waals surface area contributed by atoms with E-state index in [2.05, 4.69) is 39.3 Å². The zero-order valence-corrected chi connectivity index (χ0v) is 17.3. The van der Waals surface area contributed by atoms with Crippen LogP contribution in [0, 0.1) is 0 Å². The summed E-state index contributed by atoms with van der Waals surface area (Å²) in [5, 5.41) is 5.51. The number of hydrogen-bond acceptors (Lipinski definition) is 5. The summed E-state index contributed by atoms with van der Waals surface area (Å²) < 4.78 is 0. The topological polar surface area (TPSA) is 107 Å². The maximum Gasteiger partial charge on any atom is 0.258 e. The maximum absolute atomic E-state index is 12.9. The van der Waals surface area contributed by atoms with Crippen molar-refractivity contribution in [1.29, 1.82) is 0 Å². The number of carbonyl (C=O) groups excluding carboxylic acids is 2. The van der Waals surface area contributed by atoms with E-state index >= 15 is 0 Å². The van der Waals surface area contributed by atoms with Gasteiger partial charge in [-0.25, -0.2) is 0 Å². The van der Waals surface area contributed by atoms with E-state index in [1.807, 2.05) is 24.3 Å². The Morgan fingerprint density at radius 1 is 1.23 bits per heavy atom. The molecule has 30 heavy (non-hydrogen) atoms. The molecule has 0 spiro atoms. The minimum atomic E-state index is -0.885. The lowest BCUT2D eigenvalue weighted by Crippen LogP contribution is -2.41. The quantitative estimate of drug-likeness (QED) is 0.720. The number of benzene rings is 1. The maximum atomic E-state index is 12.9. The van der Waals surface area contributed by atoms with Gasteiger partial charge in [-0.2, -0.15) is 4.98 Å². The summed E-state index contributed by atoms with van der Waals surface area (Å²) in [5.74, 6) is -0.961. The molecular formula is C22H27N5O3. The van der Waals surface area contributed by atoms with E-state index in [0.717, 1.165) is 37.8 Å². The number of hydrogen-bond donors (Lipinski definition) is 3. The van der Waals surface area contributed by atoms with Gasteiger partial charge in [-0.05, 0) is 50.3 Å². The first-order valence-corrected chi connectivity index (χ1v) is 10.6. The highest BCUT2D eigenvalue weighted by Crippen LogP contribution is 2.31. The van der Waals surface area contributed by atoms with Crippen molar-refractivity contribution < 1.29 is 9.59 Å². The molecule has 3 N–H and O–H groups in total. The van der Waals surface area contributed by atoms with Gasteiger partial charge >= 0.3 is 0 Å². The van der Waals surface area contributed by atoms with Gasteiger partial charge in [-0.1, -0.05) is 19.1 Å². The molecule has 3 heterocycles. The van der Waals surface area contributed by atoms with Crippen LogP contribution in [-0.4, -0.2) is 34.4 Å². The number of nitrogens with zero attached hydrogens (tertiary/aromatic N) is 2. The second kappa shape index (κ2) is 8.30. The van der Waals surface area contributed by atoms with Crippen molar-refractivity contribution in [2.24, 2.45) is 0 Å². The Balaban J connectivity index is 1.63. The number of amides is 2. The minimum Gasteiger partial charge on any atom is -0.340 e. The molecule has 0 bridgehead atoms. The summed E-state index contributed by atoms with van der Waals surface area (Å²) in [7, 11) is 0. The van der Waals surface area contributed by atoms with Gasteiger partial charge < -0.3 is 15.5 Å². The molecule has 0 saturated carbocycles. The Morgan fingerprint density at radius 2 is 2.00 bits per heavy atom. The first-order chi connectivity index (χ1) is 14.5. The van der Waals surface area contributed by atoms with Crippen LogP contribution in [0.15, 0.2) is 29.1 Å². The van der Waals surface area contributed by atoms with Gasteiger partial charge in [-0.15, -0.1) is 0 Å². The van der Waals surface area contributed by atoms with E-state index in [0.29, 0.717) is 11.6 Å². The molecule has 2 aliphatic heterocycles. The number of aryl methyl sites for hydroxylation is 1. The highest BCUT2D eigenvalue weighted by Gasteiger charge is 2.35. The van der Waals surface area contributed by atoms with Crippen molar-refractivity contribution in [2.45, 2.75) is 57.9 Å². The van der Waals surface area contributed by atoms with E-state index in [1.165, 1.54) is 0 Å². The van der Waals surface area contributed by atoms with Crippen molar-refractivity contribution in [1.82, 2.24) is 9.97 Å². The summed E-state index contributed by atoms with van der Waals surface area (Å²) in [6.45, 7) is 4.95. The van der Waals surface area contributed by atoms with Crippen molar-refractivity contribution in [2.75, 3.05) is 22.1 Å². The van der Waals surface area contributed by atoms with E-state index in [4.69, 9.17) is 0 Å². The van der Waals surface area contributed by atoms with Gasteiger partial charge in [-0.3, -0.25) is 19.4 Å². The normalized spacial score (nSPS) is 21.0. The molecule has 2 aliphatic rings. The molecule has 1 aromatic carbocycles. The van der Waals surface area contributed by atoms with Crippen molar-refractivity contribution in [3.63, 3.8) is 0 Å². The number of H-pyrrole nitrogens is 1. The zero-order valence-electron chi connectivity index (χ0n) is 17.3. The lowest BCUT2D eigenvalue weighted by atomic mass is 9.92. The number of rotatable bonds is 4. The molecule has 0 radical (unpaired) electrons. The van der Waals surface area contributed by atoms with E-state index in [1.54, 1.807) is 0 Å². The third kappa shape index (κ3) is 3.94. The number of aromatic amines is 1. The molecule has 158 valence electrons. The summed E-state index contributed by atoms with van der Waals surface area (Å²) >= 11 is 0. The Labute approximate surface area is 175 Å². The molecule has 0 aliphatic carbocycles. The predicted octanol–water partition coefficient (Wildman–Crippen LogP) is 2.78. The van der Waals surface area contributed by atoms with Crippen LogP contribution in [0.4, 0.5) is 17.5 Å². The molecule has 2 atom stereocenters. The molecule has 0 unspecified atom stereocenters. The van der Waals surface area contributed by atoms with Gasteiger partial charge in [0, 0.05) is 24.7 Å². The van der Waals surface area contributed by atoms with E-state index in [-0.39, 0.29) is 41.2 Å². The third-order valence-electron chi connectivity index (χ3n) is 5.96. The van der Waals surface area contributed by atoms with Crippen molar-refractivity contribution in [3.05, 3.63) is 45.7 Å². The zero-order chi connectivity index (χ0) is 21.3. The second-order valence-corrected chi connectivity index (χ2v) is 8.03. The SMILES string of the molecule is CCc1ccc(NC(=O)[C@H]2CC(=O)Nc3nc(N4CCCC[C@@H]4C)[nH]c(=O)c32)cc1. The molecule has 8 nitrogen and oxygen atoms in total. The standard InChI is InChI=1S/C22H27N5O3/c1-3-14-7-9-15(10-8-14)23-20(29)16-12-17(28)24-19-18(16)21(30)26-22(25-19)27-11-5-4-6-13(27)2/h7-10,13,16H,3-6,11-12H2,1-2H3,(H,23,29)(H2,24,25,26,28,30)/t13-,16-/m0/s1. The Bertz CT molecular complexity index is 1010. The monoisotopic (exact) mass is 409 g/mol. The smallest absolute Gasteiger partial charge is 0.258 e. The fourth-order valence-corrected chi connectivity index (χ4v) is 4.19. The average Bonchev–Trinajstić information content (AvgIpc) is 2.73. The predicted molar refractivity (Wildman–Crippen MR) is 116 cm³/mol. The fourth-order valence-electron chi connectivity index (χ4n) is 4.19. The van der Waals surface area contributed by atoms with Gasteiger partial charge in [0.2, 0.25) is 17.8 Å². The number of fused-ring (bicyclic) bond motifs is 1. The summed E-state index contributed by atoms with van der Waals surface area (Å²) in [6, 6.07) is 7.78. The third-order valence-corrected chi connectivity index (χ3v) is 5.96. The van der Waals surface area contributed by atoms with Crippen LogP contribution in [0.25, 0.3) is 0 Å². The number of aromatic nitrogens is 2. The van der Waals surface area contributed by atoms with Crippen LogP contribution < -0.4 is 21.1 Å². The highest BCUT2D eigenvalue weighted by molar-refractivity contribution is 6.04. The van der Waals surface area contributed by atoms with Crippen molar-refractivity contribution in [3.8, 4) is 0 Å². The summed E-state index contributed by atoms with van der Waals surface area (Å²) in [4.78, 5) is 47.6. The van der Waals surface area contributed by atoms with E-state index in [9.17, 15) is 14.4 Å². The summed E-state index contributed by atoms with van der Waals surface area (Å²) in [5.41, 5.74) is 1.63. The van der Waals surface area contributed by atoms with Gasteiger partial charge in [0.05, 0.1) is 11.5 Å². The number of carbonyl (C=O) groups is 2. The first kappa shape index (κ1) is 20.1. The average molecular weight is 409 g/mol. The molecule has 2 amide bonds. The summed E-state index contributed by atoms with van der Waals surface area (Å²) in [6.07, 6.45) is 4.01. The van der Waals surface area contributed by atoms with Crippen LogP contribution in [0.1, 0.15) is 56.6 Å². The van der Waals surface area contributed by atoms with Crippen LogP contribution in [0.2, 0.25) is 0 Å².